The summed E-state index contributed by atoms with van der Waals surface area (Å²) in [7, 11) is 0. The van der Waals surface area contributed by atoms with Gasteiger partial charge in [0.25, 0.3) is 0 Å². The maximum Gasteiger partial charge on any atom is 0.230 e. The maximum absolute atomic E-state index is 12.5. The van der Waals surface area contributed by atoms with Crippen LogP contribution in [0.15, 0.2) is 59.1 Å². The first kappa shape index (κ1) is 22.2. The average molecular weight is 464 g/mol. The number of aromatic nitrogens is 4. The van der Waals surface area contributed by atoms with E-state index in [9.17, 15) is 4.79 Å². The van der Waals surface area contributed by atoms with Crippen LogP contribution in [0.4, 0.5) is 10.8 Å². The molecule has 4 rings (SSSR count). The lowest BCUT2D eigenvalue weighted by Gasteiger charge is -2.21. The monoisotopic (exact) mass is 463 g/mol. The minimum absolute atomic E-state index is 0.0505. The highest BCUT2D eigenvalue weighted by molar-refractivity contribution is 7.98. The highest BCUT2D eigenvalue weighted by Gasteiger charge is 2.21. The quantitative estimate of drug-likeness (QED) is 0.314. The van der Waals surface area contributed by atoms with E-state index < -0.39 is 0 Å². The molecule has 6 nitrogen and oxygen atoms in total. The molecule has 2 aromatic carbocycles. The molecule has 32 heavy (non-hydrogen) atoms. The van der Waals surface area contributed by atoms with Gasteiger partial charge in [-0.1, -0.05) is 54.2 Å². The van der Waals surface area contributed by atoms with E-state index in [0.29, 0.717) is 10.9 Å². The van der Waals surface area contributed by atoms with Crippen molar-refractivity contribution in [3.63, 3.8) is 0 Å². The molecule has 0 saturated carbocycles. The van der Waals surface area contributed by atoms with Crippen LogP contribution in [0.1, 0.15) is 30.7 Å². The van der Waals surface area contributed by atoms with Crippen molar-refractivity contribution >= 4 is 39.8 Å². The number of anilines is 2. The fourth-order valence-electron chi connectivity index (χ4n) is 3.47. The van der Waals surface area contributed by atoms with E-state index in [-0.39, 0.29) is 5.91 Å². The molecule has 2 heterocycles. The Balaban J connectivity index is 1.54. The number of hydrogen-bond donors (Lipinski definition) is 0. The number of carbonyl (C=O) groups is 1. The molecule has 0 radical (unpaired) electrons. The topological polar surface area (TPSA) is 63.9 Å². The van der Waals surface area contributed by atoms with Crippen LogP contribution in [0.2, 0.25) is 0 Å². The highest BCUT2D eigenvalue weighted by atomic mass is 32.2. The smallest absolute Gasteiger partial charge is 0.230 e. The van der Waals surface area contributed by atoms with E-state index in [1.807, 2.05) is 54.8 Å². The second-order valence-electron chi connectivity index (χ2n) is 7.40. The van der Waals surface area contributed by atoms with Gasteiger partial charge in [-0.25, -0.2) is 4.98 Å². The molecule has 0 saturated heterocycles. The Labute approximate surface area is 196 Å². The molecule has 0 bridgehead atoms. The molecule has 164 valence electrons. The van der Waals surface area contributed by atoms with Crippen molar-refractivity contribution in [3.05, 3.63) is 70.7 Å². The number of thioether (sulfide) groups is 1. The van der Waals surface area contributed by atoms with Gasteiger partial charge < -0.3 is 4.57 Å². The van der Waals surface area contributed by atoms with Crippen LogP contribution >= 0.6 is 23.1 Å². The van der Waals surface area contributed by atoms with Crippen molar-refractivity contribution in [1.29, 1.82) is 0 Å². The number of amides is 1. The molecule has 0 atom stereocenters. The Morgan fingerprint density at radius 1 is 1.09 bits per heavy atom. The first-order valence-electron chi connectivity index (χ1n) is 10.4. The average Bonchev–Trinajstić information content (AvgIpc) is 3.42. The Bertz CT molecular complexity index is 1230. The Morgan fingerprint density at radius 3 is 2.59 bits per heavy atom. The van der Waals surface area contributed by atoms with Crippen LogP contribution in [-0.4, -0.2) is 25.7 Å². The highest BCUT2D eigenvalue weighted by Crippen LogP contribution is 2.34. The van der Waals surface area contributed by atoms with Gasteiger partial charge in [-0.15, -0.1) is 21.5 Å². The summed E-state index contributed by atoms with van der Waals surface area (Å²) < 4.78 is 2.12. The van der Waals surface area contributed by atoms with Crippen molar-refractivity contribution in [2.45, 2.75) is 45.1 Å². The van der Waals surface area contributed by atoms with E-state index >= 15 is 0 Å². The molecule has 0 fully saturated rings. The van der Waals surface area contributed by atoms with Gasteiger partial charge >= 0.3 is 0 Å². The van der Waals surface area contributed by atoms with E-state index in [1.54, 1.807) is 23.6 Å². The predicted octanol–water partition coefficient (Wildman–Crippen LogP) is 6.02. The van der Waals surface area contributed by atoms with Crippen molar-refractivity contribution in [2.24, 2.45) is 0 Å². The molecule has 2 aromatic heterocycles. The third-order valence-electron chi connectivity index (χ3n) is 5.28. The zero-order valence-corrected chi connectivity index (χ0v) is 20.2. The van der Waals surface area contributed by atoms with Crippen LogP contribution in [0.5, 0.6) is 0 Å². The van der Waals surface area contributed by atoms with E-state index in [2.05, 4.69) is 34.7 Å². The summed E-state index contributed by atoms with van der Waals surface area (Å²) in [4.78, 5) is 18.9. The zero-order valence-electron chi connectivity index (χ0n) is 18.6. The second-order valence-corrected chi connectivity index (χ2v) is 9.18. The second kappa shape index (κ2) is 9.67. The molecule has 0 aliphatic rings. The normalized spacial score (nSPS) is 11.0. The van der Waals surface area contributed by atoms with Crippen LogP contribution in [0.3, 0.4) is 0 Å². The van der Waals surface area contributed by atoms with Gasteiger partial charge in [0.15, 0.2) is 16.1 Å². The number of aryl methyl sites for hydroxylation is 1. The van der Waals surface area contributed by atoms with Gasteiger partial charge in [-0.05, 0) is 38.0 Å². The van der Waals surface area contributed by atoms with Crippen molar-refractivity contribution < 1.29 is 4.79 Å². The Hall–Kier alpha value is -2.97. The van der Waals surface area contributed by atoms with Gasteiger partial charge in [0.1, 0.15) is 0 Å². The third kappa shape index (κ3) is 4.47. The summed E-state index contributed by atoms with van der Waals surface area (Å²) in [5, 5.41) is 12.4. The summed E-state index contributed by atoms with van der Waals surface area (Å²) in [5.74, 6) is 1.47. The summed E-state index contributed by atoms with van der Waals surface area (Å²) in [6.45, 7) is 8.54. The maximum atomic E-state index is 12.5. The minimum atomic E-state index is -0.0505. The molecule has 4 aromatic rings. The van der Waals surface area contributed by atoms with Crippen LogP contribution < -0.4 is 4.90 Å². The number of carbonyl (C=O) groups excluding carboxylic acids is 1. The number of hydrogen-bond acceptors (Lipinski definition) is 6. The first-order valence-corrected chi connectivity index (χ1v) is 12.3. The molecule has 1 amide bonds. The largest absolute Gasteiger partial charge is 0.302 e. The molecule has 8 heteroatoms. The van der Waals surface area contributed by atoms with Crippen LogP contribution in [0.25, 0.3) is 11.4 Å². The lowest BCUT2D eigenvalue weighted by atomic mass is 10.1. The van der Waals surface area contributed by atoms with E-state index in [1.165, 1.54) is 11.3 Å². The van der Waals surface area contributed by atoms with Crippen LogP contribution in [-0.2, 0) is 17.1 Å². The van der Waals surface area contributed by atoms with Crippen molar-refractivity contribution in [1.82, 2.24) is 19.7 Å². The lowest BCUT2D eigenvalue weighted by molar-refractivity contribution is -0.115. The SMILES string of the molecule is CCn1c(SCc2csc(N(C(C)=O)c3cccc(C)c3C)n2)nnc1-c1ccccc1. The Kier molecular flexibility index (Phi) is 6.72. The standard InChI is InChI=1S/C24H25N5OS2/c1-5-28-22(19-11-7-6-8-12-19)26-27-24(28)32-15-20-14-31-23(25-20)29(18(4)30)21-13-9-10-16(2)17(21)3/h6-14H,5,15H2,1-4H3. The van der Waals surface area contributed by atoms with Gasteiger partial charge in [-0.3, -0.25) is 9.69 Å². The summed E-state index contributed by atoms with van der Waals surface area (Å²) >= 11 is 3.09. The van der Waals surface area contributed by atoms with Gasteiger partial charge in [0.2, 0.25) is 5.91 Å². The molecule has 0 unspecified atom stereocenters. The van der Waals surface area contributed by atoms with Crippen molar-refractivity contribution in [2.75, 3.05) is 4.90 Å². The summed E-state index contributed by atoms with van der Waals surface area (Å²) in [6.07, 6.45) is 0. The summed E-state index contributed by atoms with van der Waals surface area (Å²) in [6, 6.07) is 16.1. The molecule has 0 spiro atoms. The molecular weight excluding hydrogens is 438 g/mol. The Morgan fingerprint density at radius 2 is 1.88 bits per heavy atom. The molecule has 0 aliphatic carbocycles. The molecule has 0 aliphatic heterocycles. The number of nitrogens with zero attached hydrogens (tertiary/aromatic N) is 5. The number of rotatable bonds is 7. The number of benzene rings is 2. The van der Waals surface area contributed by atoms with Crippen molar-refractivity contribution in [3.8, 4) is 11.4 Å². The molecular formula is C24H25N5OS2. The third-order valence-corrected chi connectivity index (χ3v) is 7.15. The molecule has 0 N–H and O–H groups in total. The lowest BCUT2D eigenvalue weighted by Crippen LogP contribution is -2.23. The van der Waals surface area contributed by atoms with E-state index in [0.717, 1.165) is 45.6 Å². The predicted molar refractivity (Wildman–Crippen MR) is 132 cm³/mol. The number of thiazole rings is 1. The van der Waals surface area contributed by atoms with Gasteiger partial charge in [-0.2, -0.15) is 0 Å². The zero-order chi connectivity index (χ0) is 22.7. The first-order chi connectivity index (χ1) is 15.5. The van der Waals surface area contributed by atoms with Gasteiger partial charge in [0.05, 0.1) is 11.4 Å². The summed E-state index contributed by atoms with van der Waals surface area (Å²) in [5.41, 5.74) is 5.07. The fourth-order valence-corrected chi connectivity index (χ4v) is 5.35. The van der Waals surface area contributed by atoms with Gasteiger partial charge in [0, 0.05) is 30.2 Å². The van der Waals surface area contributed by atoms with Crippen LogP contribution in [0, 0.1) is 13.8 Å². The van der Waals surface area contributed by atoms with E-state index in [4.69, 9.17) is 4.98 Å². The fraction of sp³-hybridized carbons (Fsp3) is 0.250. The minimum Gasteiger partial charge on any atom is -0.302 e.